The van der Waals surface area contributed by atoms with Crippen molar-refractivity contribution in [2.45, 2.75) is 13.0 Å². The summed E-state index contributed by atoms with van der Waals surface area (Å²) < 4.78 is 5.69. The smallest absolute Gasteiger partial charge is 0.262 e. The molecule has 164 valence electrons. The van der Waals surface area contributed by atoms with Crippen molar-refractivity contribution in [3.05, 3.63) is 108 Å². The molecule has 1 heterocycles. The van der Waals surface area contributed by atoms with Crippen molar-refractivity contribution in [2.75, 3.05) is 18.5 Å². The second-order valence-electron chi connectivity index (χ2n) is 8.17. The summed E-state index contributed by atoms with van der Waals surface area (Å²) in [6.45, 7) is 1.14. The van der Waals surface area contributed by atoms with Gasteiger partial charge >= 0.3 is 0 Å². The summed E-state index contributed by atoms with van der Waals surface area (Å²) in [6, 6.07) is 29.0. The van der Waals surface area contributed by atoms with E-state index < -0.39 is 0 Å². The molecule has 2 amide bonds. The zero-order chi connectivity index (χ0) is 22.6. The Hall–Kier alpha value is -4.12. The van der Waals surface area contributed by atoms with E-state index in [-0.39, 0.29) is 18.4 Å². The molecule has 0 bridgehead atoms. The Morgan fingerprint density at radius 2 is 1.61 bits per heavy atom. The van der Waals surface area contributed by atoms with Crippen LogP contribution < -0.4 is 10.1 Å². The van der Waals surface area contributed by atoms with Crippen LogP contribution in [0.1, 0.15) is 21.5 Å². The molecular formula is C28H24N2O3. The fourth-order valence-electron chi connectivity index (χ4n) is 4.17. The number of carbonyl (C=O) groups excluding carboxylic acids is 2. The van der Waals surface area contributed by atoms with E-state index in [9.17, 15) is 9.59 Å². The van der Waals surface area contributed by atoms with E-state index in [1.165, 1.54) is 5.56 Å². The number of nitrogens with zero attached hydrogens (tertiary/aromatic N) is 1. The molecule has 0 saturated carbocycles. The summed E-state index contributed by atoms with van der Waals surface area (Å²) in [6.07, 6.45) is 0.799. The third-order valence-electron chi connectivity index (χ3n) is 5.90. The van der Waals surface area contributed by atoms with Crippen LogP contribution in [0.2, 0.25) is 0 Å². The quantitative estimate of drug-likeness (QED) is 0.476. The van der Waals surface area contributed by atoms with Crippen LogP contribution in [0.4, 0.5) is 5.69 Å². The van der Waals surface area contributed by atoms with E-state index in [1.54, 1.807) is 0 Å². The fourth-order valence-corrected chi connectivity index (χ4v) is 4.17. The van der Waals surface area contributed by atoms with Crippen molar-refractivity contribution in [1.29, 1.82) is 0 Å². The first-order valence-corrected chi connectivity index (χ1v) is 11.0. The Morgan fingerprint density at radius 3 is 2.45 bits per heavy atom. The van der Waals surface area contributed by atoms with Crippen molar-refractivity contribution in [3.63, 3.8) is 0 Å². The van der Waals surface area contributed by atoms with Crippen LogP contribution in [0.15, 0.2) is 91.0 Å². The lowest BCUT2D eigenvalue weighted by Crippen LogP contribution is -2.36. The molecule has 0 fully saturated rings. The second-order valence-corrected chi connectivity index (χ2v) is 8.17. The van der Waals surface area contributed by atoms with Gasteiger partial charge in [-0.15, -0.1) is 0 Å². The molecule has 1 N–H and O–H groups in total. The Bertz CT molecular complexity index is 1320. The molecule has 4 aromatic carbocycles. The molecule has 1 aliphatic rings. The molecule has 0 saturated heterocycles. The minimum absolute atomic E-state index is 0.0273. The first kappa shape index (κ1) is 20.8. The summed E-state index contributed by atoms with van der Waals surface area (Å²) in [5.74, 6) is 0.458. The number of hydrogen-bond donors (Lipinski definition) is 1. The third kappa shape index (κ3) is 4.72. The normalized spacial score (nSPS) is 12.8. The second kappa shape index (κ2) is 9.17. The molecule has 0 spiro atoms. The van der Waals surface area contributed by atoms with Crippen LogP contribution in [-0.2, 0) is 17.8 Å². The van der Waals surface area contributed by atoms with Gasteiger partial charge in [0.1, 0.15) is 5.75 Å². The van der Waals surface area contributed by atoms with Crippen LogP contribution in [0.3, 0.4) is 0 Å². The molecule has 5 nitrogen and oxygen atoms in total. The van der Waals surface area contributed by atoms with Gasteiger partial charge in [-0.3, -0.25) is 9.59 Å². The van der Waals surface area contributed by atoms with Gasteiger partial charge in [0, 0.05) is 24.3 Å². The predicted octanol–water partition coefficient (Wildman–Crippen LogP) is 5.06. The summed E-state index contributed by atoms with van der Waals surface area (Å²) in [7, 11) is 0. The van der Waals surface area contributed by atoms with Crippen molar-refractivity contribution in [3.8, 4) is 5.75 Å². The Morgan fingerprint density at radius 1 is 0.818 bits per heavy atom. The lowest BCUT2D eigenvalue weighted by atomic mass is 9.98. The summed E-state index contributed by atoms with van der Waals surface area (Å²) >= 11 is 0. The van der Waals surface area contributed by atoms with Gasteiger partial charge in [0.05, 0.1) is 0 Å². The largest absolute Gasteiger partial charge is 0.484 e. The van der Waals surface area contributed by atoms with E-state index in [0.717, 1.165) is 22.8 Å². The van der Waals surface area contributed by atoms with Crippen LogP contribution in [-0.4, -0.2) is 29.9 Å². The van der Waals surface area contributed by atoms with Crippen LogP contribution in [0.5, 0.6) is 5.75 Å². The van der Waals surface area contributed by atoms with Gasteiger partial charge in [0.15, 0.2) is 6.61 Å². The number of ether oxygens (including phenoxy) is 1. The Kier molecular flexibility index (Phi) is 5.77. The molecule has 1 aliphatic heterocycles. The third-order valence-corrected chi connectivity index (χ3v) is 5.90. The average molecular weight is 437 g/mol. The molecule has 0 atom stereocenters. The van der Waals surface area contributed by atoms with Gasteiger partial charge in [0.2, 0.25) is 0 Å². The standard InChI is InChI=1S/C28H24N2O3/c31-27(19-33-26-13-11-20-6-4-5-9-23(20)17-26)29-25-12-10-21-14-15-30(18-24(21)16-25)28(32)22-7-2-1-3-8-22/h1-13,16-17H,14-15,18-19H2,(H,29,31). The van der Waals surface area contributed by atoms with Crippen molar-refractivity contribution < 1.29 is 14.3 Å². The molecule has 5 heteroatoms. The lowest BCUT2D eigenvalue weighted by Gasteiger charge is -2.29. The molecule has 33 heavy (non-hydrogen) atoms. The zero-order valence-electron chi connectivity index (χ0n) is 18.2. The monoisotopic (exact) mass is 436 g/mol. The molecule has 4 aromatic rings. The highest BCUT2D eigenvalue weighted by atomic mass is 16.5. The Balaban J connectivity index is 1.21. The average Bonchev–Trinajstić information content (AvgIpc) is 2.87. The predicted molar refractivity (Wildman–Crippen MR) is 129 cm³/mol. The van der Waals surface area contributed by atoms with E-state index >= 15 is 0 Å². The van der Waals surface area contributed by atoms with Gasteiger partial charge < -0.3 is 15.0 Å². The van der Waals surface area contributed by atoms with Crippen LogP contribution in [0.25, 0.3) is 10.8 Å². The minimum atomic E-state index is -0.226. The number of nitrogens with one attached hydrogen (secondary N) is 1. The first-order valence-electron chi connectivity index (χ1n) is 11.0. The SMILES string of the molecule is O=C(COc1ccc2ccccc2c1)Nc1ccc2c(c1)CN(C(=O)c1ccccc1)CC2. The summed E-state index contributed by atoms with van der Waals surface area (Å²) in [5.41, 5.74) is 3.66. The maximum absolute atomic E-state index is 12.8. The van der Waals surface area contributed by atoms with Crippen molar-refractivity contribution in [2.24, 2.45) is 0 Å². The fraction of sp³-hybridized carbons (Fsp3) is 0.143. The number of benzene rings is 4. The summed E-state index contributed by atoms with van der Waals surface area (Å²) in [5, 5.41) is 5.10. The molecule has 0 aromatic heterocycles. The number of carbonyl (C=O) groups is 2. The number of anilines is 1. The van der Waals surface area contributed by atoms with E-state index in [4.69, 9.17) is 4.74 Å². The number of amides is 2. The van der Waals surface area contributed by atoms with E-state index in [1.807, 2.05) is 95.9 Å². The Labute approximate surface area is 192 Å². The number of hydrogen-bond acceptors (Lipinski definition) is 3. The van der Waals surface area contributed by atoms with Crippen molar-refractivity contribution in [1.82, 2.24) is 4.90 Å². The maximum atomic E-state index is 12.8. The maximum Gasteiger partial charge on any atom is 0.262 e. The van der Waals surface area contributed by atoms with E-state index in [2.05, 4.69) is 5.32 Å². The van der Waals surface area contributed by atoms with Crippen LogP contribution >= 0.6 is 0 Å². The van der Waals surface area contributed by atoms with E-state index in [0.29, 0.717) is 30.1 Å². The van der Waals surface area contributed by atoms with Gasteiger partial charge in [-0.05, 0) is 64.7 Å². The highest BCUT2D eigenvalue weighted by Crippen LogP contribution is 2.24. The molecule has 0 aliphatic carbocycles. The van der Waals surface area contributed by atoms with Gasteiger partial charge in [-0.25, -0.2) is 0 Å². The van der Waals surface area contributed by atoms with Gasteiger partial charge in [-0.2, -0.15) is 0 Å². The number of rotatable bonds is 5. The molecule has 0 unspecified atom stereocenters. The van der Waals surface area contributed by atoms with Crippen LogP contribution in [0, 0.1) is 0 Å². The highest BCUT2D eigenvalue weighted by molar-refractivity contribution is 5.94. The minimum Gasteiger partial charge on any atom is -0.484 e. The molecule has 0 radical (unpaired) electrons. The number of fused-ring (bicyclic) bond motifs is 2. The highest BCUT2D eigenvalue weighted by Gasteiger charge is 2.22. The molecular weight excluding hydrogens is 412 g/mol. The molecule has 5 rings (SSSR count). The van der Waals surface area contributed by atoms with Gasteiger partial charge in [-0.1, -0.05) is 54.6 Å². The zero-order valence-corrected chi connectivity index (χ0v) is 18.2. The topological polar surface area (TPSA) is 58.6 Å². The summed E-state index contributed by atoms with van der Waals surface area (Å²) in [4.78, 5) is 27.1. The first-order chi connectivity index (χ1) is 16.2. The van der Waals surface area contributed by atoms with Gasteiger partial charge in [0.25, 0.3) is 11.8 Å². The lowest BCUT2D eigenvalue weighted by molar-refractivity contribution is -0.118. The van der Waals surface area contributed by atoms with Crippen molar-refractivity contribution >= 4 is 28.3 Å².